The number of rotatable bonds is 2. The van der Waals surface area contributed by atoms with Crippen LogP contribution in [0.3, 0.4) is 0 Å². The molecule has 136 valence electrons. The molecular formula is C21H23ClN2OS. The fourth-order valence-corrected chi connectivity index (χ4v) is 6.28. The summed E-state index contributed by atoms with van der Waals surface area (Å²) in [5.74, 6) is 0. The number of thioether (sulfide) groups is 1. The van der Waals surface area contributed by atoms with E-state index in [1.54, 1.807) is 11.1 Å². The number of allylic oxidation sites excluding steroid dienone is 1. The lowest BCUT2D eigenvalue weighted by Crippen LogP contribution is -2.41. The van der Waals surface area contributed by atoms with Gasteiger partial charge in [0.25, 0.3) is 0 Å². The van der Waals surface area contributed by atoms with E-state index in [0.29, 0.717) is 6.04 Å². The van der Waals surface area contributed by atoms with Crippen LogP contribution >= 0.6 is 23.4 Å². The lowest BCUT2D eigenvalue weighted by Gasteiger charge is -2.41. The number of fused-ring (bicyclic) bond motifs is 2. The number of nitrogens with one attached hydrogen (secondary N) is 1. The number of halogens is 1. The highest BCUT2D eigenvalue weighted by atomic mass is 35.5. The topological polar surface area (TPSA) is 24.5 Å². The Hall–Kier alpha value is -1.20. The molecule has 3 nitrogen and oxygen atoms in total. The summed E-state index contributed by atoms with van der Waals surface area (Å²) < 4.78 is 6.29. The average Bonchev–Trinajstić information content (AvgIpc) is 2.83. The van der Waals surface area contributed by atoms with Crippen LogP contribution in [0.1, 0.15) is 24.8 Å². The highest BCUT2D eigenvalue weighted by Gasteiger charge is 2.49. The number of benzene rings is 1. The van der Waals surface area contributed by atoms with Gasteiger partial charge < -0.3 is 15.0 Å². The van der Waals surface area contributed by atoms with Crippen LogP contribution in [0, 0.1) is 0 Å². The predicted molar refractivity (Wildman–Crippen MR) is 108 cm³/mol. The number of piperidine rings is 1. The van der Waals surface area contributed by atoms with Gasteiger partial charge in [-0.25, -0.2) is 0 Å². The van der Waals surface area contributed by atoms with Crippen LogP contribution in [0.2, 0.25) is 5.02 Å². The molecule has 1 aromatic carbocycles. The first-order chi connectivity index (χ1) is 12.7. The normalized spacial score (nSPS) is 30.4. The SMILES string of the molecule is COC1(c2ccc(Cl)cc2)CCC2=C3CNCCC3N3CC=CSC1=C23. The quantitative estimate of drug-likeness (QED) is 0.813. The Labute approximate surface area is 164 Å². The van der Waals surface area contributed by atoms with Gasteiger partial charge in [-0.1, -0.05) is 41.6 Å². The zero-order valence-electron chi connectivity index (χ0n) is 14.9. The van der Waals surface area contributed by atoms with E-state index >= 15 is 0 Å². The fourth-order valence-electron chi connectivity index (χ4n) is 4.99. The van der Waals surface area contributed by atoms with Gasteiger partial charge in [-0.05, 0) is 60.1 Å². The van der Waals surface area contributed by atoms with E-state index < -0.39 is 0 Å². The summed E-state index contributed by atoms with van der Waals surface area (Å²) >= 11 is 7.99. The fraction of sp³-hybridized carbons (Fsp3) is 0.429. The Morgan fingerprint density at radius 3 is 2.96 bits per heavy atom. The van der Waals surface area contributed by atoms with E-state index in [1.807, 2.05) is 31.0 Å². The largest absolute Gasteiger partial charge is 0.368 e. The van der Waals surface area contributed by atoms with Crippen molar-refractivity contribution in [3.8, 4) is 0 Å². The molecule has 1 fully saturated rings. The van der Waals surface area contributed by atoms with E-state index in [4.69, 9.17) is 16.3 Å². The first-order valence-corrected chi connectivity index (χ1v) is 10.6. The molecule has 3 aliphatic heterocycles. The van der Waals surface area contributed by atoms with Gasteiger partial charge in [-0.2, -0.15) is 0 Å². The molecule has 1 saturated heterocycles. The standard InChI is InChI=1S/C21H23ClN2OS/c1-25-21(14-3-5-15(22)6-4-14)9-7-16-17-13-23-10-8-18(17)24-11-2-12-26-20(21)19(16)24/h2-6,12,18,23H,7-11,13H2,1H3. The second-order valence-electron chi connectivity index (χ2n) is 7.34. The lowest BCUT2D eigenvalue weighted by atomic mass is 9.80. The summed E-state index contributed by atoms with van der Waals surface area (Å²) in [6, 6.07) is 8.76. The van der Waals surface area contributed by atoms with Gasteiger partial charge in [0.1, 0.15) is 5.60 Å². The molecule has 1 aliphatic carbocycles. The van der Waals surface area contributed by atoms with Gasteiger partial charge in [0.15, 0.2) is 0 Å². The number of hydrogen-bond donors (Lipinski definition) is 1. The molecule has 1 N–H and O–H groups in total. The molecule has 0 spiro atoms. The third kappa shape index (κ3) is 2.36. The Bertz CT molecular complexity index is 829. The van der Waals surface area contributed by atoms with Gasteiger partial charge in [-0.3, -0.25) is 0 Å². The van der Waals surface area contributed by atoms with Crippen LogP contribution in [0.25, 0.3) is 0 Å². The molecule has 0 aromatic heterocycles. The predicted octanol–water partition coefficient (Wildman–Crippen LogP) is 4.42. The minimum Gasteiger partial charge on any atom is -0.368 e. The number of ether oxygens (including phenoxy) is 1. The van der Waals surface area contributed by atoms with Crippen LogP contribution in [-0.4, -0.2) is 37.7 Å². The van der Waals surface area contributed by atoms with Gasteiger partial charge in [-0.15, -0.1) is 0 Å². The Balaban J connectivity index is 1.71. The third-order valence-corrected chi connectivity index (χ3v) is 7.54. The molecule has 2 unspecified atom stereocenters. The van der Waals surface area contributed by atoms with E-state index in [9.17, 15) is 0 Å². The molecule has 5 rings (SSSR count). The summed E-state index contributed by atoms with van der Waals surface area (Å²) in [6.07, 6.45) is 5.53. The molecule has 2 atom stereocenters. The monoisotopic (exact) mass is 386 g/mol. The van der Waals surface area contributed by atoms with Crippen molar-refractivity contribution in [2.24, 2.45) is 0 Å². The number of hydrogen-bond acceptors (Lipinski definition) is 4. The second-order valence-corrected chi connectivity index (χ2v) is 8.70. The Kier molecular flexibility index (Phi) is 4.20. The van der Waals surface area contributed by atoms with Crippen molar-refractivity contribution in [2.75, 3.05) is 26.7 Å². The molecule has 5 heteroatoms. The lowest BCUT2D eigenvalue weighted by molar-refractivity contribution is 0.0131. The van der Waals surface area contributed by atoms with Crippen LogP contribution < -0.4 is 5.32 Å². The van der Waals surface area contributed by atoms with Crippen LogP contribution in [0.5, 0.6) is 0 Å². The van der Waals surface area contributed by atoms with Gasteiger partial charge in [0.2, 0.25) is 0 Å². The van der Waals surface area contributed by atoms with E-state index in [0.717, 1.165) is 37.5 Å². The summed E-state index contributed by atoms with van der Waals surface area (Å²) in [6.45, 7) is 3.12. The van der Waals surface area contributed by atoms with E-state index in [1.165, 1.54) is 22.6 Å². The summed E-state index contributed by atoms with van der Waals surface area (Å²) in [7, 11) is 1.85. The van der Waals surface area contributed by atoms with Crippen molar-refractivity contribution in [2.45, 2.75) is 30.9 Å². The second kappa shape index (κ2) is 6.45. The van der Waals surface area contributed by atoms with Gasteiger partial charge >= 0.3 is 0 Å². The maximum Gasteiger partial charge on any atom is 0.126 e. The smallest absolute Gasteiger partial charge is 0.126 e. The van der Waals surface area contributed by atoms with Gasteiger partial charge in [0, 0.05) is 30.1 Å². The van der Waals surface area contributed by atoms with Crippen LogP contribution in [-0.2, 0) is 10.3 Å². The highest BCUT2D eigenvalue weighted by Crippen LogP contribution is 2.56. The third-order valence-electron chi connectivity index (χ3n) is 6.20. The average molecular weight is 387 g/mol. The minimum absolute atomic E-state index is 0.386. The summed E-state index contributed by atoms with van der Waals surface area (Å²) in [5.41, 5.74) is 5.43. The first-order valence-electron chi connectivity index (χ1n) is 9.32. The number of nitrogens with zero attached hydrogens (tertiary/aromatic N) is 1. The molecule has 0 bridgehead atoms. The first kappa shape index (κ1) is 16.9. The van der Waals surface area contributed by atoms with Crippen LogP contribution in [0.15, 0.2) is 57.5 Å². The molecule has 0 amide bonds. The zero-order chi connectivity index (χ0) is 17.7. The summed E-state index contributed by atoms with van der Waals surface area (Å²) in [4.78, 5) is 3.97. The van der Waals surface area contributed by atoms with Crippen molar-refractivity contribution >= 4 is 23.4 Å². The maximum absolute atomic E-state index is 6.29. The molecule has 3 heterocycles. The minimum atomic E-state index is -0.386. The maximum atomic E-state index is 6.29. The van der Waals surface area contributed by atoms with Gasteiger partial charge in [0.05, 0.1) is 11.7 Å². The van der Waals surface area contributed by atoms with Crippen molar-refractivity contribution in [3.63, 3.8) is 0 Å². The van der Waals surface area contributed by atoms with Crippen molar-refractivity contribution in [1.29, 1.82) is 0 Å². The van der Waals surface area contributed by atoms with Crippen LogP contribution in [0.4, 0.5) is 0 Å². The number of methoxy groups -OCH3 is 1. The molecule has 4 aliphatic rings. The molecular weight excluding hydrogens is 364 g/mol. The van der Waals surface area contributed by atoms with Crippen molar-refractivity contribution in [1.82, 2.24) is 10.2 Å². The van der Waals surface area contributed by atoms with E-state index in [-0.39, 0.29) is 5.60 Å². The molecule has 0 radical (unpaired) electrons. The zero-order valence-corrected chi connectivity index (χ0v) is 16.5. The summed E-state index contributed by atoms with van der Waals surface area (Å²) in [5, 5.41) is 6.59. The molecule has 1 aromatic rings. The Morgan fingerprint density at radius 1 is 1.31 bits per heavy atom. The van der Waals surface area contributed by atoms with E-state index in [2.05, 4.69) is 33.8 Å². The molecule has 0 saturated carbocycles. The van der Waals surface area contributed by atoms with Crippen molar-refractivity contribution < 1.29 is 4.74 Å². The highest BCUT2D eigenvalue weighted by molar-refractivity contribution is 8.05. The Morgan fingerprint density at radius 2 is 2.15 bits per heavy atom. The van der Waals surface area contributed by atoms with Crippen molar-refractivity contribution in [3.05, 3.63) is 68.1 Å². The molecule has 26 heavy (non-hydrogen) atoms.